The quantitative estimate of drug-likeness (QED) is 0.566. The van der Waals surface area contributed by atoms with Gasteiger partial charge in [-0.15, -0.1) is 0 Å². The van der Waals surface area contributed by atoms with E-state index < -0.39 is 13.0 Å². The average molecular weight is 280 g/mol. The van der Waals surface area contributed by atoms with E-state index in [9.17, 15) is 13.6 Å². The minimum Gasteiger partial charge on any atom is -0.395 e. The normalized spacial score (nSPS) is 13.0. The number of aliphatic hydroxyl groups is 1. The SMILES string of the molecule is CCCCCC(C)NC(=O)CN(CCO)CC(F)F. The molecule has 4 nitrogen and oxygen atoms in total. The summed E-state index contributed by atoms with van der Waals surface area (Å²) >= 11 is 0. The van der Waals surface area contributed by atoms with Crippen molar-refractivity contribution in [3.8, 4) is 0 Å². The second kappa shape index (κ2) is 11.1. The topological polar surface area (TPSA) is 52.6 Å². The number of halogens is 2. The summed E-state index contributed by atoms with van der Waals surface area (Å²) < 4.78 is 24.5. The molecule has 0 rings (SSSR count). The Balaban J connectivity index is 3.96. The molecule has 0 aliphatic rings. The average Bonchev–Trinajstić information content (AvgIpc) is 2.28. The van der Waals surface area contributed by atoms with Crippen LogP contribution < -0.4 is 5.32 Å². The van der Waals surface area contributed by atoms with Crippen LogP contribution in [0.5, 0.6) is 0 Å². The van der Waals surface area contributed by atoms with Crippen molar-refractivity contribution in [3.63, 3.8) is 0 Å². The molecule has 0 saturated heterocycles. The van der Waals surface area contributed by atoms with Crippen LogP contribution in [0.25, 0.3) is 0 Å². The molecule has 0 bridgehead atoms. The molecule has 6 heteroatoms. The third-order valence-electron chi connectivity index (χ3n) is 2.83. The Labute approximate surface area is 114 Å². The van der Waals surface area contributed by atoms with E-state index in [2.05, 4.69) is 12.2 Å². The van der Waals surface area contributed by atoms with Gasteiger partial charge < -0.3 is 10.4 Å². The van der Waals surface area contributed by atoms with Crippen molar-refractivity contribution in [1.82, 2.24) is 10.2 Å². The molecule has 2 N–H and O–H groups in total. The van der Waals surface area contributed by atoms with Crippen LogP contribution in [0.1, 0.15) is 39.5 Å². The van der Waals surface area contributed by atoms with Gasteiger partial charge in [0.2, 0.25) is 5.91 Å². The standard InChI is InChI=1S/C13H26F2N2O2/c1-3-4-5-6-11(2)16-13(19)10-17(7-8-18)9-12(14)15/h11-12,18H,3-10H2,1-2H3,(H,16,19). The Morgan fingerprint density at radius 2 is 2.05 bits per heavy atom. The zero-order chi connectivity index (χ0) is 14.7. The lowest BCUT2D eigenvalue weighted by Crippen LogP contribution is -2.43. The number of nitrogens with one attached hydrogen (secondary N) is 1. The summed E-state index contributed by atoms with van der Waals surface area (Å²) in [4.78, 5) is 12.9. The van der Waals surface area contributed by atoms with E-state index >= 15 is 0 Å². The van der Waals surface area contributed by atoms with Gasteiger partial charge in [-0.05, 0) is 13.3 Å². The molecule has 1 atom stereocenters. The fraction of sp³-hybridized carbons (Fsp3) is 0.923. The summed E-state index contributed by atoms with van der Waals surface area (Å²) in [7, 11) is 0. The van der Waals surface area contributed by atoms with Crippen molar-refractivity contribution < 1.29 is 18.7 Å². The van der Waals surface area contributed by atoms with Crippen LogP contribution in [-0.4, -0.2) is 54.6 Å². The second-order valence-corrected chi connectivity index (χ2v) is 4.81. The highest BCUT2D eigenvalue weighted by Gasteiger charge is 2.16. The van der Waals surface area contributed by atoms with Crippen LogP contribution >= 0.6 is 0 Å². The lowest BCUT2D eigenvalue weighted by molar-refractivity contribution is -0.123. The zero-order valence-corrected chi connectivity index (χ0v) is 11.9. The van der Waals surface area contributed by atoms with Gasteiger partial charge in [-0.25, -0.2) is 8.78 Å². The minimum atomic E-state index is -2.50. The first-order valence-corrected chi connectivity index (χ1v) is 6.90. The van der Waals surface area contributed by atoms with Gasteiger partial charge in [-0.2, -0.15) is 0 Å². The molecule has 0 aromatic carbocycles. The number of alkyl halides is 2. The van der Waals surface area contributed by atoms with Crippen molar-refractivity contribution >= 4 is 5.91 Å². The van der Waals surface area contributed by atoms with Gasteiger partial charge >= 0.3 is 0 Å². The summed E-state index contributed by atoms with van der Waals surface area (Å²) in [5, 5.41) is 11.6. The Morgan fingerprint density at radius 1 is 1.37 bits per heavy atom. The highest BCUT2D eigenvalue weighted by atomic mass is 19.3. The van der Waals surface area contributed by atoms with Gasteiger partial charge in [0.15, 0.2) is 0 Å². The van der Waals surface area contributed by atoms with Gasteiger partial charge in [0.25, 0.3) is 6.43 Å². The fourth-order valence-electron chi connectivity index (χ4n) is 1.87. The molecule has 0 radical (unpaired) electrons. The molecule has 0 saturated carbocycles. The van der Waals surface area contributed by atoms with Gasteiger partial charge in [0, 0.05) is 12.6 Å². The number of unbranched alkanes of at least 4 members (excludes halogenated alkanes) is 2. The predicted molar refractivity (Wildman–Crippen MR) is 71.3 cm³/mol. The molecular weight excluding hydrogens is 254 g/mol. The number of nitrogens with zero attached hydrogens (tertiary/aromatic N) is 1. The summed E-state index contributed by atoms with van der Waals surface area (Å²) in [5.74, 6) is -0.266. The third kappa shape index (κ3) is 10.8. The molecule has 0 heterocycles. The zero-order valence-electron chi connectivity index (χ0n) is 11.9. The Kier molecular flexibility index (Phi) is 10.7. The maximum absolute atomic E-state index is 12.3. The first-order chi connectivity index (χ1) is 8.99. The minimum absolute atomic E-state index is 0.0570. The van der Waals surface area contributed by atoms with Crippen molar-refractivity contribution in [3.05, 3.63) is 0 Å². The van der Waals surface area contributed by atoms with Crippen molar-refractivity contribution in [2.24, 2.45) is 0 Å². The van der Waals surface area contributed by atoms with Gasteiger partial charge in [-0.1, -0.05) is 26.2 Å². The fourth-order valence-corrected chi connectivity index (χ4v) is 1.87. The largest absolute Gasteiger partial charge is 0.395 e. The van der Waals surface area contributed by atoms with E-state index in [1.807, 2.05) is 6.92 Å². The number of carbonyl (C=O) groups is 1. The third-order valence-corrected chi connectivity index (χ3v) is 2.83. The van der Waals surface area contributed by atoms with Crippen LogP contribution in [0.15, 0.2) is 0 Å². The van der Waals surface area contributed by atoms with E-state index in [4.69, 9.17) is 5.11 Å². The second-order valence-electron chi connectivity index (χ2n) is 4.81. The van der Waals surface area contributed by atoms with Crippen LogP contribution in [0, 0.1) is 0 Å². The van der Waals surface area contributed by atoms with Crippen LogP contribution in [0.3, 0.4) is 0 Å². The van der Waals surface area contributed by atoms with E-state index in [1.165, 1.54) is 4.90 Å². The lowest BCUT2D eigenvalue weighted by Gasteiger charge is -2.21. The van der Waals surface area contributed by atoms with E-state index in [0.717, 1.165) is 25.7 Å². The molecule has 0 aliphatic heterocycles. The Hall–Kier alpha value is -0.750. The number of amides is 1. The van der Waals surface area contributed by atoms with Gasteiger partial charge in [0.05, 0.1) is 19.7 Å². The lowest BCUT2D eigenvalue weighted by atomic mass is 10.1. The number of hydrogen-bond donors (Lipinski definition) is 2. The molecular formula is C13H26F2N2O2. The van der Waals surface area contributed by atoms with Gasteiger partial charge in [0.1, 0.15) is 0 Å². The number of hydrogen-bond acceptors (Lipinski definition) is 3. The number of aliphatic hydroxyl groups excluding tert-OH is 1. The van der Waals surface area contributed by atoms with E-state index in [-0.39, 0.29) is 31.6 Å². The predicted octanol–water partition coefficient (Wildman–Crippen LogP) is 1.63. The Bertz CT molecular complexity index is 241. The van der Waals surface area contributed by atoms with E-state index in [1.54, 1.807) is 0 Å². The smallest absolute Gasteiger partial charge is 0.251 e. The summed E-state index contributed by atoms with van der Waals surface area (Å²) in [6, 6.07) is 0.0570. The highest BCUT2D eigenvalue weighted by molar-refractivity contribution is 5.78. The number of carbonyl (C=O) groups excluding carboxylic acids is 1. The molecule has 19 heavy (non-hydrogen) atoms. The molecule has 1 unspecified atom stereocenters. The summed E-state index contributed by atoms with van der Waals surface area (Å²) in [6.45, 7) is 3.30. The molecule has 0 aromatic heterocycles. The molecule has 0 aromatic rings. The highest BCUT2D eigenvalue weighted by Crippen LogP contribution is 2.03. The first kappa shape index (κ1) is 18.2. The molecule has 0 aliphatic carbocycles. The van der Waals surface area contributed by atoms with Crippen molar-refractivity contribution in [1.29, 1.82) is 0 Å². The van der Waals surface area contributed by atoms with Crippen LogP contribution in [-0.2, 0) is 4.79 Å². The molecule has 0 fully saturated rings. The van der Waals surface area contributed by atoms with Gasteiger partial charge in [-0.3, -0.25) is 9.69 Å². The molecule has 114 valence electrons. The van der Waals surface area contributed by atoms with Crippen LogP contribution in [0.4, 0.5) is 8.78 Å². The van der Waals surface area contributed by atoms with Crippen molar-refractivity contribution in [2.75, 3.05) is 26.2 Å². The molecule has 0 spiro atoms. The van der Waals surface area contributed by atoms with Crippen LogP contribution in [0.2, 0.25) is 0 Å². The maximum Gasteiger partial charge on any atom is 0.251 e. The Morgan fingerprint density at radius 3 is 2.58 bits per heavy atom. The van der Waals surface area contributed by atoms with E-state index in [0.29, 0.717) is 0 Å². The number of rotatable bonds is 11. The van der Waals surface area contributed by atoms with Crippen molar-refractivity contribution in [2.45, 2.75) is 52.0 Å². The summed E-state index contributed by atoms with van der Waals surface area (Å²) in [6.07, 6.45) is 1.70. The molecule has 1 amide bonds. The first-order valence-electron chi connectivity index (χ1n) is 6.90. The monoisotopic (exact) mass is 280 g/mol. The summed E-state index contributed by atoms with van der Waals surface area (Å²) in [5.41, 5.74) is 0. The maximum atomic E-state index is 12.3.